The average Bonchev–Trinajstić information content (AvgIpc) is 2.91. The third-order valence-electron chi connectivity index (χ3n) is 4.53. The molecule has 1 aromatic carbocycles. The standard InChI is InChI=1S/C19H25N3O4S/c1-12(2)10-27(24,25)11-17-21-15-8-13(9-20-19(23)18(15)22-17)14-6-4-5-7-16(14)26-3/h4-7,12-13H,8-11H2,1-3H3,(H,20,23)(H,21,22)/t13-/m1/s1. The van der Waals surface area contributed by atoms with Crippen molar-refractivity contribution < 1.29 is 17.9 Å². The Balaban J connectivity index is 1.88. The van der Waals surface area contributed by atoms with Crippen LogP contribution in [-0.2, 0) is 22.0 Å². The average molecular weight is 391 g/mol. The number of nitrogens with one attached hydrogen (secondary N) is 2. The van der Waals surface area contributed by atoms with Gasteiger partial charge in [-0.15, -0.1) is 0 Å². The molecule has 0 bridgehead atoms. The van der Waals surface area contributed by atoms with Gasteiger partial charge in [-0.2, -0.15) is 0 Å². The molecule has 1 amide bonds. The first kappa shape index (κ1) is 19.4. The zero-order valence-corrected chi connectivity index (χ0v) is 16.6. The summed E-state index contributed by atoms with van der Waals surface area (Å²) in [6, 6.07) is 7.70. The molecule has 2 N–H and O–H groups in total. The quantitative estimate of drug-likeness (QED) is 0.785. The number of carbonyl (C=O) groups is 1. The van der Waals surface area contributed by atoms with Gasteiger partial charge in [-0.1, -0.05) is 32.0 Å². The zero-order chi connectivity index (χ0) is 19.6. The van der Waals surface area contributed by atoms with Crippen LogP contribution in [0.2, 0.25) is 0 Å². The molecule has 8 heteroatoms. The lowest BCUT2D eigenvalue weighted by molar-refractivity contribution is 0.0950. The monoisotopic (exact) mass is 391 g/mol. The van der Waals surface area contributed by atoms with E-state index in [0.29, 0.717) is 24.5 Å². The number of aromatic nitrogens is 2. The molecule has 7 nitrogen and oxygen atoms in total. The van der Waals surface area contributed by atoms with E-state index in [2.05, 4.69) is 15.3 Å². The second-order valence-corrected chi connectivity index (χ2v) is 9.42. The maximum Gasteiger partial charge on any atom is 0.271 e. The number of amides is 1. The molecule has 0 spiro atoms. The van der Waals surface area contributed by atoms with E-state index in [1.165, 1.54) is 0 Å². The zero-order valence-electron chi connectivity index (χ0n) is 15.8. The molecule has 2 aromatic rings. The highest BCUT2D eigenvalue weighted by Crippen LogP contribution is 2.30. The number of methoxy groups -OCH3 is 1. The van der Waals surface area contributed by atoms with Gasteiger partial charge in [-0.3, -0.25) is 4.79 Å². The van der Waals surface area contributed by atoms with Crippen molar-refractivity contribution in [2.45, 2.75) is 31.9 Å². The van der Waals surface area contributed by atoms with Crippen molar-refractivity contribution in [2.75, 3.05) is 19.4 Å². The highest BCUT2D eigenvalue weighted by molar-refractivity contribution is 7.90. The van der Waals surface area contributed by atoms with Crippen LogP contribution in [0.4, 0.5) is 0 Å². The molecule has 146 valence electrons. The first-order chi connectivity index (χ1) is 12.8. The fraction of sp³-hybridized carbons (Fsp3) is 0.474. The number of para-hydroxylation sites is 1. The van der Waals surface area contributed by atoms with Crippen LogP contribution in [0, 0.1) is 5.92 Å². The van der Waals surface area contributed by atoms with Gasteiger partial charge in [0.15, 0.2) is 9.84 Å². The fourth-order valence-electron chi connectivity index (χ4n) is 3.48. The van der Waals surface area contributed by atoms with Crippen LogP contribution in [0.5, 0.6) is 5.75 Å². The summed E-state index contributed by atoms with van der Waals surface area (Å²) >= 11 is 0. The Kier molecular flexibility index (Phi) is 5.55. The van der Waals surface area contributed by atoms with Crippen molar-refractivity contribution in [3.8, 4) is 5.75 Å². The molecule has 1 atom stereocenters. The third kappa shape index (κ3) is 4.50. The van der Waals surface area contributed by atoms with E-state index in [0.717, 1.165) is 11.3 Å². The lowest BCUT2D eigenvalue weighted by Gasteiger charge is -2.17. The number of carbonyl (C=O) groups excluding carboxylic acids is 1. The van der Waals surface area contributed by atoms with E-state index >= 15 is 0 Å². The summed E-state index contributed by atoms with van der Waals surface area (Å²) in [7, 11) is -1.66. The maximum atomic E-state index is 12.4. The van der Waals surface area contributed by atoms with Crippen LogP contribution in [0.3, 0.4) is 0 Å². The van der Waals surface area contributed by atoms with Gasteiger partial charge in [0, 0.05) is 18.2 Å². The van der Waals surface area contributed by atoms with Crippen LogP contribution in [0.1, 0.15) is 47.3 Å². The van der Waals surface area contributed by atoms with Crippen molar-refractivity contribution in [3.05, 3.63) is 47.0 Å². The van der Waals surface area contributed by atoms with E-state index in [1.54, 1.807) is 7.11 Å². The Bertz CT molecular complexity index is 934. The molecule has 1 aliphatic rings. The summed E-state index contributed by atoms with van der Waals surface area (Å²) in [5.41, 5.74) is 1.94. The Morgan fingerprint density at radius 3 is 2.74 bits per heavy atom. The number of hydrogen-bond acceptors (Lipinski definition) is 5. The first-order valence-electron chi connectivity index (χ1n) is 8.98. The highest BCUT2D eigenvalue weighted by atomic mass is 32.2. The van der Waals surface area contributed by atoms with E-state index < -0.39 is 9.84 Å². The number of benzene rings is 1. The van der Waals surface area contributed by atoms with Gasteiger partial charge < -0.3 is 15.0 Å². The van der Waals surface area contributed by atoms with Crippen LogP contribution >= 0.6 is 0 Å². The normalized spacial score (nSPS) is 17.3. The molecule has 1 aliphatic heterocycles. The van der Waals surface area contributed by atoms with E-state index in [1.807, 2.05) is 38.1 Å². The SMILES string of the molecule is COc1ccccc1[C@H]1CNC(=O)c2nc(CS(=O)(=O)CC(C)C)[nH]c2C1. The molecular weight excluding hydrogens is 366 g/mol. The Labute approximate surface area is 159 Å². The third-order valence-corrected chi connectivity index (χ3v) is 6.41. The molecule has 0 saturated heterocycles. The fourth-order valence-corrected chi connectivity index (χ4v) is 5.17. The summed E-state index contributed by atoms with van der Waals surface area (Å²) in [6.45, 7) is 4.19. The molecule has 0 fully saturated rings. The largest absolute Gasteiger partial charge is 0.496 e. The second kappa shape index (κ2) is 7.72. The summed E-state index contributed by atoms with van der Waals surface area (Å²) in [5, 5.41) is 2.88. The van der Waals surface area contributed by atoms with Crippen molar-refractivity contribution >= 4 is 15.7 Å². The Morgan fingerprint density at radius 2 is 2.04 bits per heavy atom. The van der Waals surface area contributed by atoms with Crippen molar-refractivity contribution in [3.63, 3.8) is 0 Å². The molecule has 0 saturated carbocycles. The number of imidazole rings is 1. The predicted molar refractivity (Wildman–Crippen MR) is 103 cm³/mol. The number of nitrogens with zero attached hydrogens (tertiary/aromatic N) is 1. The number of aromatic amines is 1. The lowest BCUT2D eigenvalue weighted by atomic mass is 9.93. The minimum Gasteiger partial charge on any atom is -0.496 e. The van der Waals surface area contributed by atoms with E-state index in [9.17, 15) is 13.2 Å². The predicted octanol–water partition coefficient (Wildman–Crippen LogP) is 2.06. The van der Waals surface area contributed by atoms with Crippen LogP contribution in [0.25, 0.3) is 0 Å². The minimum atomic E-state index is -3.28. The summed E-state index contributed by atoms with van der Waals surface area (Å²) in [6.07, 6.45) is 0.547. The van der Waals surface area contributed by atoms with Crippen LogP contribution < -0.4 is 10.1 Å². The van der Waals surface area contributed by atoms with Gasteiger partial charge in [0.1, 0.15) is 23.0 Å². The van der Waals surface area contributed by atoms with Gasteiger partial charge >= 0.3 is 0 Å². The van der Waals surface area contributed by atoms with Gasteiger partial charge in [0.2, 0.25) is 0 Å². The van der Waals surface area contributed by atoms with Gasteiger partial charge in [0.05, 0.1) is 12.9 Å². The second-order valence-electron chi connectivity index (χ2n) is 7.31. The Morgan fingerprint density at radius 1 is 1.30 bits per heavy atom. The molecule has 2 heterocycles. The molecule has 0 unspecified atom stereocenters. The smallest absolute Gasteiger partial charge is 0.271 e. The molecule has 3 rings (SSSR count). The number of fused-ring (bicyclic) bond motifs is 1. The number of hydrogen-bond donors (Lipinski definition) is 2. The number of rotatable bonds is 6. The highest BCUT2D eigenvalue weighted by Gasteiger charge is 2.28. The van der Waals surface area contributed by atoms with Gasteiger partial charge in [0.25, 0.3) is 5.91 Å². The molecule has 0 aliphatic carbocycles. The minimum absolute atomic E-state index is 0.00641. The summed E-state index contributed by atoms with van der Waals surface area (Å²) in [5.74, 6) is 0.745. The van der Waals surface area contributed by atoms with Crippen LogP contribution in [-0.4, -0.2) is 43.7 Å². The van der Waals surface area contributed by atoms with Crippen molar-refractivity contribution in [2.24, 2.45) is 5.92 Å². The van der Waals surface area contributed by atoms with Gasteiger partial charge in [-0.05, 0) is 24.0 Å². The first-order valence-corrected chi connectivity index (χ1v) is 10.8. The number of ether oxygens (including phenoxy) is 1. The lowest BCUT2D eigenvalue weighted by Crippen LogP contribution is -2.26. The van der Waals surface area contributed by atoms with Crippen molar-refractivity contribution in [1.29, 1.82) is 0 Å². The Hall–Kier alpha value is -2.35. The van der Waals surface area contributed by atoms with Crippen LogP contribution in [0.15, 0.2) is 24.3 Å². The molecule has 27 heavy (non-hydrogen) atoms. The number of sulfone groups is 1. The molecule has 0 radical (unpaired) electrons. The van der Waals surface area contributed by atoms with E-state index in [-0.39, 0.29) is 34.9 Å². The van der Waals surface area contributed by atoms with E-state index in [4.69, 9.17) is 4.74 Å². The van der Waals surface area contributed by atoms with Gasteiger partial charge in [-0.25, -0.2) is 13.4 Å². The molecular formula is C19H25N3O4S. The van der Waals surface area contributed by atoms with Crippen molar-refractivity contribution in [1.82, 2.24) is 15.3 Å². The number of H-pyrrole nitrogens is 1. The summed E-state index contributed by atoms with van der Waals surface area (Å²) < 4.78 is 30.0. The summed E-state index contributed by atoms with van der Waals surface area (Å²) in [4.78, 5) is 19.8. The maximum absolute atomic E-state index is 12.4. The topological polar surface area (TPSA) is 101 Å². The molecule has 1 aromatic heterocycles.